The van der Waals surface area contributed by atoms with Gasteiger partial charge < -0.3 is 14.9 Å². The van der Waals surface area contributed by atoms with Crippen molar-refractivity contribution in [2.75, 3.05) is 0 Å². The molecular formula is C17H26O4. The van der Waals surface area contributed by atoms with Crippen LogP contribution in [0.15, 0.2) is 12.2 Å². The number of carboxylic acids is 1. The number of aliphatic carboxylic acids is 1. The molecule has 2 N–H and O–H groups in total. The molecule has 2 aliphatic carbocycles. The SMILES string of the molecule is C=C1C2C(CC(=O)O)OC(O)C3C2C(C(C)C)CCC13C. The van der Waals surface area contributed by atoms with Gasteiger partial charge in [0.15, 0.2) is 6.29 Å². The van der Waals surface area contributed by atoms with Gasteiger partial charge in [-0.05, 0) is 36.0 Å². The molecule has 7 atom stereocenters. The van der Waals surface area contributed by atoms with E-state index in [1.54, 1.807) is 0 Å². The summed E-state index contributed by atoms with van der Waals surface area (Å²) in [7, 11) is 0. The molecule has 0 aromatic rings. The van der Waals surface area contributed by atoms with Gasteiger partial charge in [-0.3, -0.25) is 4.79 Å². The van der Waals surface area contributed by atoms with Gasteiger partial charge in [0.25, 0.3) is 0 Å². The zero-order valence-corrected chi connectivity index (χ0v) is 13.1. The Bertz CT molecular complexity index is 471. The van der Waals surface area contributed by atoms with Crippen LogP contribution in [-0.2, 0) is 9.53 Å². The predicted molar refractivity (Wildman–Crippen MR) is 78.4 cm³/mol. The van der Waals surface area contributed by atoms with Crippen molar-refractivity contribution in [3.8, 4) is 0 Å². The van der Waals surface area contributed by atoms with E-state index in [0.29, 0.717) is 17.8 Å². The van der Waals surface area contributed by atoms with Crippen molar-refractivity contribution in [3.05, 3.63) is 12.2 Å². The standard InChI is InChI=1S/C17H26O4/c1-8(2)10-5-6-17(4)9(3)13-11(7-12(18)19)21-16(20)15(17)14(10)13/h8,10-11,13-16,20H,3,5-7H2,1-2,4H3,(H,18,19). The first-order chi connectivity index (χ1) is 9.77. The van der Waals surface area contributed by atoms with Crippen LogP contribution >= 0.6 is 0 Å². The molecule has 21 heavy (non-hydrogen) atoms. The number of ether oxygens (including phenoxy) is 1. The van der Waals surface area contributed by atoms with E-state index in [-0.39, 0.29) is 23.7 Å². The third-order valence-corrected chi connectivity index (χ3v) is 6.45. The lowest BCUT2D eigenvalue weighted by Gasteiger charge is -2.49. The van der Waals surface area contributed by atoms with Crippen LogP contribution < -0.4 is 0 Å². The summed E-state index contributed by atoms with van der Waals surface area (Å²) in [5.74, 6) is 0.638. The highest BCUT2D eigenvalue weighted by Crippen LogP contribution is 2.67. The fourth-order valence-corrected chi connectivity index (χ4v) is 5.44. The van der Waals surface area contributed by atoms with Crippen molar-refractivity contribution in [3.63, 3.8) is 0 Å². The van der Waals surface area contributed by atoms with Crippen LogP contribution in [0.25, 0.3) is 0 Å². The van der Waals surface area contributed by atoms with Gasteiger partial charge in [-0.25, -0.2) is 0 Å². The summed E-state index contributed by atoms with van der Waals surface area (Å²) in [5.41, 5.74) is 1.01. The second-order valence-corrected chi connectivity index (χ2v) is 7.68. The minimum absolute atomic E-state index is 0.0507. The number of aliphatic hydroxyl groups is 1. The first kappa shape index (κ1) is 15.0. The smallest absolute Gasteiger partial charge is 0.306 e. The highest BCUT2D eigenvalue weighted by Gasteiger charge is 2.65. The third kappa shape index (κ3) is 1.99. The zero-order valence-electron chi connectivity index (χ0n) is 13.1. The van der Waals surface area contributed by atoms with E-state index in [1.165, 1.54) is 0 Å². The molecule has 0 aromatic carbocycles. The Morgan fingerprint density at radius 1 is 1.52 bits per heavy atom. The predicted octanol–water partition coefficient (Wildman–Crippen LogP) is 2.67. The van der Waals surface area contributed by atoms with Crippen LogP contribution in [-0.4, -0.2) is 28.6 Å². The fraction of sp³-hybridized carbons (Fsp3) is 0.824. The highest BCUT2D eigenvalue weighted by molar-refractivity contribution is 5.67. The Morgan fingerprint density at radius 3 is 2.76 bits per heavy atom. The first-order valence-electron chi connectivity index (χ1n) is 8.02. The van der Waals surface area contributed by atoms with Gasteiger partial charge in [0.05, 0.1) is 12.5 Å². The Labute approximate surface area is 126 Å². The molecule has 0 aromatic heterocycles. The first-order valence-corrected chi connectivity index (χ1v) is 8.02. The summed E-state index contributed by atoms with van der Waals surface area (Å²) in [4.78, 5) is 11.2. The van der Waals surface area contributed by atoms with Gasteiger partial charge in [0.2, 0.25) is 0 Å². The Hall–Kier alpha value is -0.870. The topological polar surface area (TPSA) is 66.8 Å². The van der Waals surface area contributed by atoms with Gasteiger partial charge in [-0.1, -0.05) is 32.9 Å². The largest absolute Gasteiger partial charge is 0.481 e. The zero-order chi connectivity index (χ0) is 15.5. The minimum atomic E-state index is -0.869. The summed E-state index contributed by atoms with van der Waals surface area (Å²) in [6.07, 6.45) is 0.809. The number of rotatable bonds is 3. The number of carboxylic acid groups (broad SMARTS) is 1. The molecule has 0 radical (unpaired) electrons. The van der Waals surface area contributed by atoms with E-state index in [0.717, 1.165) is 18.4 Å². The van der Waals surface area contributed by atoms with E-state index in [4.69, 9.17) is 9.84 Å². The maximum Gasteiger partial charge on any atom is 0.306 e. The third-order valence-electron chi connectivity index (χ3n) is 6.45. The van der Waals surface area contributed by atoms with Crippen LogP contribution in [0.5, 0.6) is 0 Å². The molecule has 4 heteroatoms. The molecule has 4 bridgehead atoms. The molecule has 3 fully saturated rings. The maximum absolute atomic E-state index is 11.2. The molecule has 0 amide bonds. The van der Waals surface area contributed by atoms with E-state index in [2.05, 4.69) is 27.4 Å². The highest BCUT2D eigenvalue weighted by atomic mass is 16.6. The second-order valence-electron chi connectivity index (χ2n) is 7.68. The molecule has 4 nitrogen and oxygen atoms in total. The van der Waals surface area contributed by atoms with Gasteiger partial charge in [-0.15, -0.1) is 0 Å². The molecule has 3 aliphatic rings. The van der Waals surface area contributed by atoms with E-state index >= 15 is 0 Å². The Morgan fingerprint density at radius 2 is 2.19 bits per heavy atom. The fourth-order valence-electron chi connectivity index (χ4n) is 5.44. The van der Waals surface area contributed by atoms with Crippen LogP contribution in [0, 0.1) is 35.0 Å². The summed E-state index contributed by atoms with van der Waals surface area (Å²) in [6, 6.07) is 0. The van der Waals surface area contributed by atoms with E-state index in [1.807, 2.05) is 0 Å². The van der Waals surface area contributed by atoms with E-state index < -0.39 is 18.4 Å². The van der Waals surface area contributed by atoms with Crippen LogP contribution in [0.3, 0.4) is 0 Å². The van der Waals surface area contributed by atoms with Crippen molar-refractivity contribution in [1.82, 2.24) is 0 Å². The number of hydrogen-bond acceptors (Lipinski definition) is 3. The molecule has 1 saturated heterocycles. The summed E-state index contributed by atoms with van der Waals surface area (Å²) < 4.78 is 5.70. The van der Waals surface area contributed by atoms with Crippen LogP contribution in [0.4, 0.5) is 0 Å². The van der Waals surface area contributed by atoms with Crippen molar-refractivity contribution < 1.29 is 19.7 Å². The van der Waals surface area contributed by atoms with Gasteiger partial charge >= 0.3 is 5.97 Å². The lowest BCUT2D eigenvalue weighted by atomic mass is 9.60. The monoisotopic (exact) mass is 294 g/mol. The molecule has 3 rings (SSSR count). The Kier molecular flexibility index (Phi) is 3.45. The molecule has 118 valence electrons. The van der Waals surface area contributed by atoms with Crippen molar-refractivity contribution in [1.29, 1.82) is 0 Å². The molecule has 1 aliphatic heterocycles. The van der Waals surface area contributed by atoms with Crippen LogP contribution in [0.2, 0.25) is 0 Å². The average Bonchev–Trinajstić information content (AvgIpc) is 2.45. The van der Waals surface area contributed by atoms with Crippen molar-refractivity contribution in [2.45, 2.75) is 52.4 Å². The van der Waals surface area contributed by atoms with Gasteiger partial charge in [0, 0.05) is 11.8 Å². The average molecular weight is 294 g/mol. The summed E-state index contributed by atoms with van der Waals surface area (Å²) >= 11 is 0. The van der Waals surface area contributed by atoms with Crippen molar-refractivity contribution in [2.24, 2.45) is 35.0 Å². The van der Waals surface area contributed by atoms with Crippen molar-refractivity contribution >= 4 is 5.97 Å². The molecule has 1 heterocycles. The number of carbonyl (C=O) groups is 1. The molecular weight excluding hydrogens is 268 g/mol. The molecule has 0 spiro atoms. The molecule has 2 saturated carbocycles. The normalized spacial score (nSPS) is 48.7. The summed E-state index contributed by atoms with van der Waals surface area (Å²) in [5, 5.41) is 19.7. The lowest BCUT2D eigenvalue weighted by molar-refractivity contribution is -0.243. The number of hydrogen-bond donors (Lipinski definition) is 2. The Balaban J connectivity index is 2.03. The minimum Gasteiger partial charge on any atom is -0.481 e. The van der Waals surface area contributed by atoms with Gasteiger partial charge in [-0.2, -0.15) is 0 Å². The molecule has 7 unspecified atom stereocenters. The summed E-state index contributed by atoms with van der Waals surface area (Å²) in [6.45, 7) is 10.9. The maximum atomic E-state index is 11.2. The van der Waals surface area contributed by atoms with Gasteiger partial charge in [0.1, 0.15) is 0 Å². The lowest BCUT2D eigenvalue weighted by Crippen LogP contribution is -2.51. The second kappa shape index (κ2) is 4.82. The quantitative estimate of drug-likeness (QED) is 0.785. The van der Waals surface area contributed by atoms with E-state index in [9.17, 15) is 9.90 Å². The van der Waals surface area contributed by atoms with Crippen LogP contribution in [0.1, 0.15) is 40.0 Å². The number of aliphatic hydroxyl groups excluding tert-OH is 1.